The summed E-state index contributed by atoms with van der Waals surface area (Å²) in [5.41, 5.74) is 2.59. The minimum Gasteiger partial charge on any atom is -0.383 e. The lowest BCUT2D eigenvalue weighted by Crippen LogP contribution is -2.37. The SMILES string of the molecule is CCN(CC)c1onc(-c2ccc(F)cc2)c1CN(CCOC)C(=O)Nc1cccc(Cl)c1. The molecule has 0 bridgehead atoms. The maximum atomic E-state index is 13.5. The van der Waals surface area contributed by atoms with E-state index in [1.807, 2.05) is 18.7 Å². The third-order valence-electron chi connectivity index (χ3n) is 5.21. The summed E-state index contributed by atoms with van der Waals surface area (Å²) in [6, 6.07) is 12.7. The third-order valence-corrected chi connectivity index (χ3v) is 5.45. The number of amides is 2. The number of aromatic nitrogens is 1. The van der Waals surface area contributed by atoms with Crippen LogP contribution in [0.25, 0.3) is 11.3 Å². The Balaban J connectivity index is 1.96. The molecular weight excluding hydrogens is 447 g/mol. The molecule has 3 aromatic rings. The largest absolute Gasteiger partial charge is 0.383 e. The summed E-state index contributed by atoms with van der Waals surface area (Å²) in [6.45, 7) is 6.35. The first-order chi connectivity index (χ1) is 16.0. The normalized spacial score (nSPS) is 10.8. The van der Waals surface area contributed by atoms with E-state index in [2.05, 4.69) is 10.5 Å². The van der Waals surface area contributed by atoms with Crippen LogP contribution in [0.15, 0.2) is 53.1 Å². The van der Waals surface area contributed by atoms with Gasteiger partial charge in [0.2, 0.25) is 5.88 Å². The molecule has 1 N–H and O–H groups in total. The summed E-state index contributed by atoms with van der Waals surface area (Å²) >= 11 is 6.06. The number of nitrogens with zero attached hydrogens (tertiary/aromatic N) is 3. The topological polar surface area (TPSA) is 70.8 Å². The van der Waals surface area contributed by atoms with E-state index in [-0.39, 0.29) is 18.4 Å². The second kappa shape index (κ2) is 11.7. The van der Waals surface area contributed by atoms with Gasteiger partial charge in [-0.05, 0) is 56.3 Å². The van der Waals surface area contributed by atoms with Gasteiger partial charge >= 0.3 is 6.03 Å². The Labute approximate surface area is 198 Å². The number of methoxy groups -OCH3 is 1. The van der Waals surface area contributed by atoms with Crippen LogP contribution in [0.3, 0.4) is 0 Å². The maximum Gasteiger partial charge on any atom is 0.322 e. The summed E-state index contributed by atoms with van der Waals surface area (Å²) < 4.78 is 24.4. The third kappa shape index (κ3) is 6.24. The summed E-state index contributed by atoms with van der Waals surface area (Å²) in [5, 5.41) is 7.68. The summed E-state index contributed by atoms with van der Waals surface area (Å²) in [6.07, 6.45) is 0. The van der Waals surface area contributed by atoms with Crippen LogP contribution in [-0.4, -0.2) is 49.4 Å². The molecule has 0 fully saturated rings. The number of ether oxygens (including phenoxy) is 1. The van der Waals surface area contributed by atoms with E-state index in [0.29, 0.717) is 54.1 Å². The molecule has 1 heterocycles. The Hall–Kier alpha value is -3.10. The van der Waals surface area contributed by atoms with E-state index >= 15 is 0 Å². The van der Waals surface area contributed by atoms with Gasteiger partial charge in [-0.15, -0.1) is 0 Å². The van der Waals surface area contributed by atoms with Gasteiger partial charge in [0.05, 0.1) is 18.7 Å². The molecule has 2 amide bonds. The van der Waals surface area contributed by atoms with Gasteiger partial charge in [-0.2, -0.15) is 0 Å². The molecule has 176 valence electrons. The minimum absolute atomic E-state index is 0.220. The van der Waals surface area contributed by atoms with E-state index in [4.69, 9.17) is 20.9 Å². The minimum atomic E-state index is -0.338. The van der Waals surface area contributed by atoms with Gasteiger partial charge in [0, 0.05) is 43.0 Å². The first-order valence-corrected chi connectivity index (χ1v) is 11.1. The van der Waals surface area contributed by atoms with Crippen molar-refractivity contribution in [3.63, 3.8) is 0 Å². The molecule has 9 heteroatoms. The molecule has 0 saturated heterocycles. The fraction of sp³-hybridized carbons (Fsp3) is 0.333. The number of halogens is 2. The van der Waals surface area contributed by atoms with Crippen LogP contribution in [0.1, 0.15) is 19.4 Å². The van der Waals surface area contributed by atoms with E-state index in [9.17, 15) is 9.18 Å². The van der Waals surface area contributed by atoms with Crippen molar-refractivity contribution in [2.75, 3.05) is 43.6 Å². The molecule has 7 nitrogen and oxygen atoms in total. The zero-order valence-electron chi connectivity index (χ0n) is 19.0. The zero-order chi connectivity index (χ0) is 23.8. The Morgan fingerprint density at radius 3 is 2.55 bits per heavy atom. The number of nitrogens with one attached hydrogen (secondary N) is 1. The zero-order valence-corrected chi connectivity index (χ0v) is 19.7. The highest BCUT2D eigenvalue weighted by atomic mass is 35.5. The molecule has 0 aliphatic carbocycles. The monoisotopic (exact) mass is 474 g/mol. The van der Waals surface area contributed by atoms with Crippen molar-refractivity contribution >= 4 is 29.2 Å². The van der Waals surface area contributed by atoms with Crippen LogP contribution in [0.5, 0.6) is 0 Å². The fourth-order valence-corrected chi connectivity index (χ4v) is 3.64. The van der Waals surface area contributed by atoms with Crippen molar-refractivity contribution in [2.24, 2.45) is 0 Å². The van der Waals surface area contributed by atoms with E-state index in [1.54, 1.807) is 48.4 Å². The number of hydrogen-bond donors (Lipinski definition) is 1. The second-order valence-corrected chi connectivity index (χ2v) is 7.79. The predicted molar refractivity (Wildman–Crippen MR) is 128 cm³/mol. The van der Waals surface area contributed by atoms with Crippen LogP contribution in [-0.2, 0) is 11.3 Å². The van der Waals surface area contributed by atoms with Crippen molar-refractivity contribution in [1.82, 2.24) is 10.1 Å². The lowest BCUT2D eigenvalue weighted by Gasteiger charge is -2.25. The van der Waals surface area contributed by atoms with E-state index in [1.165, 1.54) is 12.1 Å². The quantitative estimate of drug-likeness (QED) is 0.410. The van der Waals surface area contributed by atoms with Crippen molar-refractivity contribution in [3.05, 3.63) is 64.9 Å². The average Bonchev–Trinajstić information content (AvgIpc) is 3.21. The molecular formula is C24H28ClFN4O3. The standard InChI is InChI=1S/C24H28ClFN4O3/c1-4-29(5-2)23-21(22(28-33-23)17-9-11-19(26)12-10-17)16-30(13-14-32-3)24(31)27-20-8-6-7-18(25)15-20/h6-12,15H,4-5,13-14,16H2,1-3H3,(H,27,31). The fourth-order valence-electron chi connectivity index (χ4n) is 3.45. The molecule has 3 rings (SSSR count). The first kappa shape index (κ1) is 24.5. The molecule has 33 heavy (non-hydrogen) atoms. The number of benzene rings is 2. The van der Waals surface area contributed by atoms with Gasteiger partial charge in [-0.3, -0.25) is 0 Å². The van der Waals surface area contributed by atoms with E-state index < -0.39 is 0 Å². The highest BCUT2D eigenvalue weighted by Gasteiger charge is 2.25. The molecule has 0 unspecified atom stereocenters. The molecule has 0 spiro atoms. The van der Waals surface area contributed by atoms with Crippen LogP contribution < -0.4 is 10.2 Å². The summed E-state index contributed by atoms with van der Waals surface area (Å²) in [7, 11) is 1.58. The van der Waals surface area contributed by atoms with Crippen LogP contribution in [0.2, 0.25) is 5.02 Å². The van der Waals surface area contributed by atoms with Gasteiger partial charge in [-0.25, -0.2) is 9.18 Å². The van der Waals surface area contributed by atoms with Gasteiger partial charge in [0.15, 0.2) is 0 Å². The molecule has 0 radical (unpaired) electrons. The highest BCUT2D eigenvalue weighted by Crippen LogP contribution is 2.33. The average molecular weight is 475 g/mol. The second-order valence-electron chi connectivity index (χ2n) is 7.35. The Kier molecular flexibility index (Phi) is 8.68. The van der Waals surface area contributed by atoms with Crippen molar-refractivity contribution in [2.45, 2.75) is 20.4 Å². The number of carbonyl (C=O) groups excluding carboxylic acids is 1. The molecule has 1 aromatic heterocycles. The number of rotatable bonds is 10. The molecule has 2 aromatic carbocycles. The molecule has 0 aliphatic rings. The lowest BCUT2D eigenvalue weighted by atomic mass is 10.1. The predicted octanol–water partition coefficient (Wildman–Crippen LogP) is 5.66. The Morgan fingerprint density at radius 1 is 1.18 bits per heavy atom. The van der Waals surface area contributed by atoms with Crippen molar-refractivity contribution in [1.29, 1.82) is 0 Å². The van der Waals surface area contributed by atoms with Gasteiger partial charge in [-0.1, -0.05) is 22.8 Å². The molecule has 0 aliphatic heterocycles. The van der Waals surface area contributed by atoms with Crippen molar-refractivity contribution in [3.8, 4) is 11.3 Å². The maximum absolute atomic E-state index is 13.5. The number of carbonyl (C=O) groups is 1. The van der Waals surface area contributed by atoms with Crippen molar-refractivity contribution < 1.29 is 18.4 Å². The smallest absolute Gasteiger partial charge is 0.322 e. The summed E-state index contributed by atoms with van der Waals surface area (Å²) in [5.74, 6) is 0.243. The molecule has 0 atom stereocenters. The Morgan fingerprint density at radius 2 is 1.91 bits per heavy atom. The van der Waals surface area contributed by atoms with Gasteiger partial charge < -0.3 is 24.4 Å². The summed E-state index contributed by atoms with van der Waals surface area (Å²) in [4.78, 5) is 16.8. The number of hydrogen-bond acceptors (Lipinski definition) is 5. The van der Waals surface area contributed by atoms with Crippen LogP contribution in [0.4, 0.5) is 20.8 Å². The molecule has 0 saturated carbocycles. The van der Waals surface area contributed by atoms with Gasteiger partial charge in [0.1, 0.15) is 11.5 Å². The van der Waals surface area contributed by atoms with E-state index in [0.717, 1.165) is 5.56 Å². The first-order valence-electron chi connectivity index (χ1n) is 10.8. The lowest BCUT2D eigenvalue weighted by molar-refractivity contribution is 0.153. The highest BCUT2D eigenvalue weighted by molar-refractivity contribution is 6.30. The Bertz CT molecular complexity index is 1050. The number of anilines is 2. The number of urea groups is 1. The van der Waals surface area contributed by atoms with Crippen LogP contribution >= 0.6 is 11.6 Å². The van der Waals surface area contributed by atoms with Gasteiger partial charge in [0.25, 0.3) is 0 Å². The van der Waals surface area contributed by atoms with Crippen LogP contribution in [0, 0.1) is 5.82 Å².